The smallest absolute Gasteiger partial charge is 0.303 e. The van der Waals surface area contributed by atoms with Gasteiger partial charge in [0.05, 0.1) is 6.16 Å². The monoisotopic (exact) mass is 487 g/mol. The molecule has 0 aliphatic rings. The van der Waals surface area contributed by atoms with E-state index in [-0.39, 0.29) is 0 Å². The largest absolute Gasteiger partial charge is 0.466 e. The predicted octanol–water partition coefficient (Wildman–Crippen LogP) is 2.14. The third-order valence-corrected chi connectivity index (χ3v) is 8.55. The van der Waals surface area contributed by atoms with E-state index in [2.05, 4.69) is 97.9 Å². The van der Waals surface area contributed by atoms with Gasteiger partial charge in [0.1, 0.15) is 23.2 Å². The fraction of sp³-hybridized carbons (Fsp3) is 0.100. The van der Waals surface area contributed by atoms with Gasteiger partial charge in [-0.15, -0.1) is 0 Å². The van der Waals surface area contributed by atoms with Crippen LogP contribution in [-0.4, -0.2) is 35.5 Å². The van der Waals surface area contributed by atoms with E-state index in [1.165, 1.54) is 15.9 Å². The van der Waals surface area contributed by atoms with Gasteiger partial charge >= 0.3 is 15.6 Å². The molecule has 0 unspecified atom stereocenters. The second-order valence-electron chi connectivity index (χ2n) is 6.16. The van der Waals surface area contributed by atoms with Gasteiger partial charge in [-0.25, -0.2) is 9.13 Å². The van der Waals surface area contributed by atoms with E-state index in [4.69, 9.17) is 38.5 Å². The third-order valence-electron chi connectivity index (χ3n) is 4.07. The molecule has 0 amide bonds. The number of hydrogen-bond donors (Lipinski definition) is 6. The molecule has 31 heavy (non-hydrogen) atoms. The number of benzene rings is 3. The molecule has 0 saturated carbocycles. The summed E-state index contributed by atoms with van der Waals surface area (Å²) in [6, 6.07) is 33.0. The van der Waals surface area contributed by atoms with Crippen LogP contribution in [0.15, 0.2) is 91.0 Å². The minimum absolute atomic E-state index is 1.14. The Kier molecular flexibility index (Phi) is 10.9. The SMILES string of the molecule is CC[P+](c1ccccc1)(c1ccccc1)c1ccccc1.O=P(O)(O)O.O=P(O)(O)O. The van der Waals surface area contributed by atoms with Crippen LogP contribution in [-0.2, 0) is 9.13 Å². The maximum absolute atomic E-state index is 8.88. The Labute approximate surface area is 181 Å². The Morgan fingerprint density at radius 3 is 0.903 bits per heavy atom. The van der Waals surface area contributed by atoms with E-state index in [1.54, 1.807) is 0 Å². The van der Waals surface area contributed by atoms with Crippen LogP contribution in [0.4, 0.5) is 0 Å². The van der Waals surface area contributed by atoms with Crippen molar-refractivity contribution in [3.05, 3.63) is 91.0 Å². The molecule has 3 aromatic carbocycles. The first-order valence-electron chi connectivity index (χ1n) is 8.99. The summed E-state index contributed by atoms with van der Waals surface area (Å²) in [6.45, 7) is 2.32. The van der Waals surface area contributed by atoms with E-state index in [9.17, 15) is 0 Å². The van der Waals surface area contributed by atoms with Crippen LogP contribution >= 0.6 is 22.9 Å². The standard InChI is InChI=1S/C20H20P.2H3O4P/c1-2-21(18-12-6-3-7-13-18,19-14-8-4-9-15-19)20-16-10-5-11-17-20;2*1-5(2,3)4/h3-17H,2H2,1H3;2*(H3,1,2,3,4)/q+1;;. The van der Waals surface area contributed by atoms with Crippen LogP contribution in [0.1, 0.15) is 6.92 Å². The minimum atomic E-state index is -4.64. The summed E-state index contributed by atoms with van der Waals surface area (Å²) in [5, 5.41) is 4.39. The molecule has 0 aliphatic carbocycles. The van der Waals surface area contributed by atoms with Crippen molar-refractivity contribution in [1.29, 1.82) is 0 Å². The molecule has 0 bridgehead atoms. The Morgan fingerprint density at radius 1 is 0.548 bits per heavy atom. The van der Waals surface area contributed by atoms with Crippen molar-refractivity contribution in [2.75, 3.05) is 6.16 Å². The normalized spacial score (nSPS) is 11.5. The maximum atomic E-state index is 8.88. The zero-order valence-corrected chi connectivity index (χ0v) is 19.4. The van der Waals surface area contributed by atoms with Crippen LogP contribution in [0, 0.1) is 0 Å². The quantitative estimate of drug-likeness (QED) is 0.306. The lowest BCUT2D eigenvalue weighted by molar-refractivity contribution is 0.272. The van der Waals surface area contributed by atoms with Gasteiger partial charge in [-0.1, -0.05) is 54.6 Å². The zero-order chi connectivity index (χ0) is 23.5. The highest BCUT2D eigenvalue weighted by Crippen LogP contribution is 2.54. The van der Waals surface area contributed by atoms with Crippen LogP contribution < -0.4 is 15.9 Å². The highest BCUT2D eigenvalue weighted by atomic mass is 31.2. The summed E-state index contributed by atoms with van der Waals surface area (Å²) < 4.78 is 17.8. The van der Waals surface area contributed by atoms with Gasteiger partial charge in [0.15, 0.2) is 0 Å². The zero-order valence-electron chi connectivity index (χ0n) is 16.7. The Morgan fingerprint density at radius 2 is 0.742 bits per heavy atom. The first-order valence-corrected chi connectivity index (χ1v) is 14.1. The van der Waals surface area contributed by atoms with E-state index < -0.39 is 22.9 Å². The molecular formula is C20H26O8P3+. The molecule has 0 saturated heterocycles. The summed E-state index contributed by atoms with van der Waals surface area (Å²) in [4.78, 5) is 43.1. The number of hydrogen-bond acceptors (Lipinski definition) is 2. The van der Waals surface area contributed by atoms with Crippen LogP contribution in [0.5, 0.6) is 0 Å². The number of phosphoric acid groups is 2. The Balaban J connectivity index is 0.000000404. The molecular weight excluding hydrogens is 461 g/mol. The first-order chi connectivity index (χ1) is 14.4. The van der Waals surface area contributed by atoms with Gasteiger partial charge in [0.25, 0.3) is 0 Å². The van der Waals surface area contributed by atoms with Gasteiger partial charge in [-0.2, -0.15) is 0 Å². The van der Waals surface area contributed by atoms with Crippen molar-refractivity contribution >= 4 is 38.8 Å². The second kappa shape index (κ2) is 12.4. The lowest BCUT2D eigenvalue weighted by atomic mass is 10.4. The summed E-state index contributed by atoms with van der Waals surface area (Å²) in [5.74, 6) is 0. The molecule has 0 aliphatic heterocycles. The summed E-state index contributed by atoms with van der Waals surface area (Å²) in [7, 11) is -10.8. The van der Waals surface area contributed by atoms with Crippen molar-refractivity contribution in [1.82, 2.24) is 0 Å². The molecule has 8 nitrogen and oxygen atoms in total. The summed E-state index contributed by atoms with van der Waals surface area (Å²) in [5.41, 5.74) is 0. The minimum Gasteiger partial charge on any atom is -0.303 e. The molecule has 0 heterocycles. The average Bonchev–Trinajstić information content (AvgIpc) is 2.69. The maximum Gasteiger partial charge on any atom is 0.466 e. The molecule has 168 valence electrons. The summed E-state index contributed by atoms with van der Waals surface area (Å²) in [6.07, 6.45) is 1.14. The van der Waals surface area contributed by atoms with Crippen molar-refractivity contribution < 1.29 is 38.5 Å². The van der Waals surface area contributed by atoms with Crippen molar-refractivity contribution in [3.8, 4) is 0 Å². The Hall–Kier alpha value is -1.69. The topological polar surface area (TPSA) is 156 Å². The van der Waals surface area contributed by atoms with Gasteiger partial charge < -0.3 is 29.4 Å². The van der Waals surface area contributed by atoms with E-state index in [0.717, 1.165) is 6.16 Å². The third kappa shape index (κ3) is 10.4. The Bertz CT molecular complexity index is 856. The fourth-order valence-corrected chi connectivity index (χ4v) is 7.08. The molecule has 0 spiro atoms. The highest BCUT2D eigenvalue weighted by molar-refractivity contribution is 7.95. The van der Waals surface area contributed by atoms with Crippen molar-refractivity contribution in [2.24, 2.45) is 0 Å². The van der Waals surface area contributed by atoms with E-state index in [0.29, 0.717) is 0 Å². The lowest BCUT2D eigenvalue weighted by Crippen LogP contribution is -2.32. The van der Waals surface area contributed by atoms with Gasteiger partial charge in [0, 0.05) is 0 Å². The molecule has 0 radical (unpaired) electrons. The molecule has 0 atom stereocenters. The molecule has 6 N–H and O–H groups in total. The summed E-state index contributed by atoms with van der Waals surface area (Å²) >= 11 is 0. The first kappa shape index (κ1) is 27.3. The van der Waals surface area contributed by atoms with Crippen molar-refractivity contribution in [3.63, 3.8) is 0 Å². The van der Waals surface area contributed by atoms with E-state index >= 15 is 0 Å². The van der Waals surface area contributed by atoms with Gasteiger partial charge in [-0.05, 0) is 43.3 Å². The molecule has 0 fully saturated rings. The molecule has 3 aromatic rings. The molecule has 3 rings (SSSR count). The highest BCUT2D eigenvalue weighted by Gasteiger charge is 2.43. The van der Waals surface area contributed by atoms with Crippen LogP contribution in [0.3, 0.4) is 0 Å². The lowest BCUT2D eigenvalue weighted by Gasteiger charge is -2.26. The predicted molar refractivity (Wildman–Crippen MR) is 124 cm³/mol. The second-order valence-corrected chi connectivity index (χ2v) is 12.0. The van der Waals surface area contributed by atoms with Crippen LogP contribution in [0.2, 0.25) is 0 Å². The van der Waals surface area contributed by atoms with Gasteiger partial charge in [-0.3, -0.25) is 0 Å². The van der Waals surface area contributed by atoms with Crippen LogP contribution in [0.25, 0.3) is 0 Å². The van der Waals surface area contributed by atoms with E-state index in [1.807, 2.05) is 0 Å². The molecule has 0 aromatic heterocycles. The average molecular weight is 487 g/mol. The van der Waals surface area contributed by atoms with Gasteiger partial charge in [0.2, 0.25) is 0 Å². The number of rotatable bonds is 4. The molecule has 11 heteroatoms. The van der Waals surface area contributed by atoms with Crippen molar-refractivity contribution in [2.45, 2.75) is 6.92 Å². The fourth-order valence-electron chi connectivity index (χ4n) is 3.04.